The summed E-state index contributed by atoms with van der Waals surface area (Å²) < 4.78 is 17.0. The first-order valence-electron chi connectivity index (χ1n) is 7.88. The smallest absolute Gasteiger partial charge is 0.277 e. The molecule has 0 saturated heterocycles. The fourth-order valence-electron chi connectivity index (χ4n) is 2.33. The molecule has 0 aliphatic carbocycles. The highest BCUT2D eigenvalue weighted by atomic mass is 127. The third-order valence-corrected chi connectivity index (χ3v) is 4.35. The van der Waals surface area contributed by atoms with E-state index in [1.54, 1.807) is 26.5 Å². The van der Waals surface area contributed by atoms with Crippen molar-refractivity contribution in [2.24, 2.45) is 5.10 Å². The number of halogens is 1. The minimum Gasteiger partial charge on any atom is -0.493 e. The van der Waals surface area contributed by atoms with Crippen LogP contribution in [0, 0.1) is 17.4 Å². The molecule has 0 aromatic heterocycles. The molecule has 0 unspecified atom stereocenters. The van der Waals surface area contributed by atoms with Crippen LogP contribution in [0.4, 0.5) is 0 Å². The van der Waals surface area contributed by atoms with Gasteiger partial charge in [-0.2, -0.15) is 5.10 Å². The molecule has 0 fully saturated rings. The summed E-state index contributed by atoms with van der Waals surface area (Å²) in [5, 5.41) is 3.96. The number of benzene rings is 2. The van der Waals surface area contributed by atoms with Crippen molar-refractivity contribution in [3.05, 3.63) is 50.6 Å². The fraction of sp³-hybridized carbons (Fsp3) is 0.263. The maximum atomic E-state index is 11.9. The highest BCUT2D eigenvalue weighted by molar-refractivity contribution is 14.1. The van der Waals surface area contributed by atoms with Crippen LogP contribution in [0.5, 0.6) is 17.2 Å². The Morgan fingerprint density at radius 3 is 2.58 bits per heavy atom. The molecular formula is C19H21IN2O4. The van der Waals surface area contributed by atoms with Crippen LogP contribution >= 0.6 is 22.6 Å². The van der Waals surface area contributed by atoms with Crippen LogP contribution in [-0.2, 0) is 4.79 Å². The van der Waals surface area contributed by atoms with Crippen LogP contribution in [0.3, 0.4) is 0 Å². The van der Waals surface area contributed by atoms with E-state index in [9.17, 15) is 4.79 Å². The lowest BCUT2D eigenvalue weighted by Crippen LogP contribution is -2.24. The quantitative estimate of drug-likeness (QED) is 0.384. The third-order valence-electron chi connectivity index (χ3n) is 3.55. The number of hydrazone groups is 1. The zero-order valence-corrected chi connectivity index (χ0v) is 17.3. The summed E-state index contributed by atoms with van der Waals surface area (Å²) in [5.41, 5.74) is 5.36. The normalized spacial score (nSPS) is 10.7. The van der Waals surface area contributed by atoms with Gasteiger partial charge < -0.3 is 14.2 Å². The Labute approximate surface area is 166 Å². The topological polar surface area (TPSA) is 69.2 Å². The molecule has 1 amide bonds. The molecule has 2 aromatic rings. The fourth-order valence-corrected chi connectivity index (χ4v) is 3.17. The molecular weight excluding hydrogens is 447 g/mol. The Balaban J connectivity index is 1.93. The van der Waals surface area contributed by atoms with Crippen LogP contribution < -0.4 is 19.6 Å². The zero-order chi connectivity index (χ0) is 19.1. The molecule has 0 heterocycles. The minimum atomic E-state index is -0.337. The van der Waals surface area contributed by atoms with E-state index in [2.05, 4.69) is 33.1 Å². The van der Waals surface area contributed by atoms with Crippen LogP contribution in [0.2, 0.25) is 0 Å². The van der Waals surface area contributed by atoms with Crippen LogP contribution in [0.1, 0.15) is 16.7 Å². The molecule has 0 aliphatic rings. The number of nitrogens with zero attached hydrogens (tertiary/aromatic N) is 1. The van der Waals surface area contributed by atoms with Crippen molar-refractivity contribution in [3.8, 4) is 17.2 Å². The highest BCUT2D eigenvalue weighted by Gasteiger charge is 2.09. The number of hydrogen-bond donors (Lipinski definition) is 1. The average Bonchev–Trinajstić information content (AvgIpc) is 2.60. The van der Waals surface area contributed by atoms with Gasteiger partial charge in [0.05, 0.1) is 24.0 Å². The summed E-state index contributed by atoms with van der Waals surface area (Å²) in [6, 6.07) is 9.46. The van der Waals surface area contributed by atoms with E-state index < -0.39 is 0 Å². The van der Waals surface area contributed by atoms with Gasteiger partial charge in [0, 0.05) is 0 Å². The largest absolute Gasteiger partial charge is 0.493 e. The summed E-state index contributed by atoms with van der Waals surface area (Å²) in [7, 11) is 3.16. The molecule has 0 atom stereocenters. The molecule has 0 radical (unpaired) electrons. The van der Waals surface area contributed by atoms with E-state index in [-0.39, 0.29) is 12.5 Å². The summed E-state index contributed by atoms with van der Waals surface area (Å²) in [6.45, 7) is 3.84. The first-order chi connectivity index (χ1) is 12.4. The molecule has 0 bridgehead atoms. The van der Waals surface area contributed by atoms with Gasteiger partial charge >= 0.3 is 0 Å². The second-order valence-electron chi connectivity index (χ2n) is 5.59. The van der Waals surface area contributed by atoms with E-state index in [4.69, 9.17) is 14.2 Å². The number of carbonyl (C=O) groups excluding carboxylic acids is 1. The third kappa shape index (κ3) is 5.35. The van der Waals surface area contributed by atoms with Crippen molar-refractivity contribution in [3.63, 3.8) is 0 Å². The summed E-state index contributed by atoms with van der Waals surface area (Å²) in [5.74, 6) is 1.61. The standard InChI is InChI=1S/C19H21IN2O4/c1-12-5-6-16(13(2)7-12)26-11-18(23)22-21-10-14-8-15(20)19(25-4)17(9-14)24-3/h5-10H,11H2,1-4H3,(H,22,23)/b21-10+. The van der Waals surface area contributed by atoms with E-state index in [1.165, 1.54) is 0 Å². The van der Waals surface area contributed by atoms with Crippen molar-refractivity contribution in [2.75, 3.05) is 20.8 Å². The maximum Gasteiger partial charge on any atom is 0.277 e. The number of nitrogens with one attached hydrogen (secondary N) is 1. The van der Waals surface area contributed by atoms with E-state index >= 15 is 0 Å². The number of hydrogen-bond acceptors (Lipinski definition) is 5. The molecule has 0 spiro atoms. The number of methoxy groups -OCH3 is 2. The van der Waals surface area contributed by atoms with Gasteiger partial charge in [-0.3, -0.25) is 4.79 Å². The molecule has 6 nitrogen and oxygen atoms in total. The van der Waals surface area contributed by atoms with Gasteiger partial charge in [-0.15, -0.1) is 0 Å². The molecule has 7 heteroatoms. The highest BCUT2D eigenvalue weighted by Crippen LogP contribution is 2.33. The van der Waals surface area contributed by atoms with E-state index in [0.717, 1.165) is 20.3 Å². The van der Waals surface area contributed by atoms with Gasteiger partial charge in [0.15, 0.2) is 18.1 Å². The van der Waals surface area contributed by atoms with Crippen molar-refractivity contribution in [1.29, 1.82) is 0 Å². The monoisotopic (exact) mass is 468 g/mol. The minimum absolute atomic E-state index is 0.106. The summed E-state index contributed by atoms with van der Waals surface area (Å²) >= 11 is 2.15. The van der Waals surface area contributed by atoms with Crippen LogP contribution in [-0.4, -0.2) is 32.9 Å². The lowest BCUT2D eigenvalue weighted by atomic mass is 10.1. The molecule has 2 aromatic carbocycles. The summed E-state index contributed by atoms with van der Waals surface area (Å²) in [6.07, 6.45) is 1.54. The van der Waals surface area contributed by atoms with Gasteiger partial charge in [-0.25, -0.2) is 5.43 Å². The Morgan fingerprint density at radius 2 is 1.92 bits per heavy atom. The average molecular weight is 468 g/mol. The lowest BCUT2D eigenvalue weighted by molar-refractivity contribution is -0.123. The first-order valence-corrected chi connectivity index (χ1v) is 8.96. The van der Waals surface area contributed by atoms with Gasteiger partial charge in [0.2, 0.25) is 0 Å². The second kappa shape index (κ2) is 9.42. The number of rotatable bonds is 7. The zero-order valence-electron chi connectivity index (χ0n) is 15.1. The summed E-state index contributed by atoms with van der Waals surface area (Å²) in [4.78, 5) is 11.9. The predicted molar refractivity (Wildman–Crippen MR) is 109 cm³/mol. The molecule has 138 valence electrons. The number of amides is 1. The Hall–Kier alpha value is -2.29. The molecule has 0 aliphatic heterocycles. The maximum absolute atomic E-state index is 11.9. The van der Waals surface area contributed by atoms with Gasteiger partial charge in [0.1, 0.15) is 5.75 Å². The Bertz CT molecular complexity index is 821. The first kappa shape index (κ1) is 20.0. The lowest BCUT2D eigenvalue weighted by Gasteiger charge is -2.10. The SMILES string of the molecule is COc1cc(/C=N/NC(=O)COc2ccc(C)cc2C)cc(I)c1OC. The second-order valence-corrected chi connectivity index (χ2v) is 6.75. The van der Waals surface area contributed by atoms with Crippen LogP contribution in [0.15, 0.2) is 35.4 Å². The van der Waals surface area contributed by atoms with Gasteiger partial charge in [0.25, 0.3) is 5.91 Å². The molecule has 1 N–H and O–H groups in total. The van der Waals surface area contributed by atoms with Crippen molar-refractivity contribution in [2.45, 2.75) is 13.8 Å². The predicted octanol–water partition coefficient (Wildman–Crippen LogP) is 3.45. The Morgan fingerprint density at radius 1 is 1.15 bits per heavy atom. The number of ether oxygens (including phenoxy) is 3. The van der Waals surface area contributed by atoms with Crippen LogP contribution in [0.25, 0.3) is 0 Å². The molecule has 26 heavy (non-hydrogen) atoms. The van der Waals surface area contributed by atoms with Gasteiger partial charge in [-0.1, -0.05) is 17.7 Å². The van der Waals surface area contributed by atoms with Crippen molar-refractivity contribution in [1.82, 2.24) is 5.43 Å². The molecule has 2 rings (SSSR count). The Kier molecular flexibility index (Phi) is 7.26. The molecule has 0 saturated carbocycles. The van der Waals surface area contributed by atoms with E-state index in [0.29, 0.717) is 17.2 Å². The number of aryl methyl sites for hydroxylation is 2. The van der Waals surface area contributed by atoms with Crippen molar-refractivity contribution >= 4 is 34.7 Å². The van der Waals surface area contributed by atoms with E-state index in [1.807, 2.05) is 38.1 Å². The van der Waals surface area contributed by atoms with Crippen molar-refractivity contribution < 1.29 is 19.0 Å². The number of carbonyl (C=O) groups is 1. The van der Waals surface area contributed by atoms with Gasteiger partial charge in [-0.05, 0) is 65.8 Å².